The third-order valence-electron chi connectivity index (χ3n) is 3.15. The topological polar surface area (TPSA) is 35.5 Å². The molecule has 0 amide bonds. The molecule has 0 saturated carbocycles. The van der Waals surface area contributed by atoms with E-state index < -0.39 is 0 Å². The Balaban J connectivity index is 2.39. The van der Waals surface area contributed by atoms with E-state index in [1.54, 1.807) is 11.8 Å². The monoisotopic (exact) mass is 294 g/mol. The van der Waals surface area contributed by atoms with Gasteiger partial charge in [0.25, 0.3) is 0 Å². The van der Waals surface area contributed by atoms with Gasteiger partial charge in [0.05, 0.1) is 4.90 Å². The summed E-state index contributed by atoms with van der Waals surface area (Å²) in [5, 5.41) is 0. The van der Waals surface area contributed by atoms with Crippen molar-refractivity contribution < 1.29 is 14.3 Å². The van der Waals surface area contributed by atoms with E-state index in [1.807, 2.05) is 12.1 Å². The quantitative estimate of drug-likeness (QED) is 0.606. The van der Waals surface area contributed by atoms with Crippen LogP contribution in [0.5, 0.6) is 11.5 Å². The van der Waals surface area contributed by atoms with Crippen LogP contribution < -0.4 is 9.47 Å². The summed E-state index contributed by atoms with van der Waals surface area (Å²) < 4.78 is 11.4. The van der Waals surface area contributed by atoms with Crippen LogP contribution in [0.3, 0.4) is 0 Å². The Morgan fingerprint density at radius 3 is 2.65 bits per heavy atom. The number of thioether (sulfide) groups is 1. The van der Waals surface area contributed by atoms with Gasteiger partial charge in [-0.3, -0.25) is 4.79 Å². The van der Waals surface area contributed by atoms with Gasteiger partial charge in [-0.15, -0.1) is 0 Å². The van der Waals surface area contributed by atoms with Gasteiger partial charge in [0.1, 0.15) is 16.9 Å². The second-order valence-corrected chi connectivity index (χ2v) is 7.29. The fraction of sp³-hybridized carbons (Fsp3) is 0.562. The maximum absolute atomic E-state index is 11.3. The van der Waals surface area contributed by atoms with E-state index in [2.05, 4.69) is 27.7 Å². The van der Waals surface area contributed by atoms with Crippen LogP contribution in [0.15, 0.2) is 17.0 Å². The third kappa shape index (κ3) is 3.29. The van der Waals surface area contributed by atoms with Crippen molar-refractivity contribution in [3.63, 3.8) is 0 Å². The molecule has 1 unspecified atom stereocenters. The van der Waals surface area contributed by atoms with Crippen LogP contribution in [-0.2, 0) is 10.2 Å². The summed E-state index contributed by atoms with van der Waals surface area (Å²) in [6.45, 7) is 9.90. The average molecular weight is 294 g/mol. The maximum Gasteiger partial charge on any atom is 0.308 e. The van der Waals surface area contributed by atoms with Crippen molar-refractivity contribution in [3.8, 4) is 11.5 Å². The number of hydrogen-bond acceptors (Lipinski definition) is 4. The second kappa shape index (κ2) is 5.68. The van der Waals surface area contributed by atoms with Crippen molar-refractivity contribution in [2.45, 2.75) is 63.2 Å². The third-order valence-corrected chi connectivity index (χ3v) is 4.32. The Hall–Kier alpha value is -1.16. The molecule has 1 aliphatic heterocycles. The van der Waals surface area contributed by atoms with Gasteiger partial charge in [-0.1, -0.05) is 45.9 Å². The molecular formula is C16H22O3S. The molecule has 0 radical (unpaired) electrons. The van der Waals surface area contributed by atoms with Crippen molar-refractivity contribution in [1.29, 1.82) is 0 Å². The number of ether oxygens (including phenoxy) is 2. The summed E-state index contributed by atoms with van der Waals surface area (Å²) in [4.78, 5) is 12.4. The predicted octanol–water partition coefficient (Wildman–Crippen LogP) is 4.52. The molecule has 0 aliphatic carbocycles. The van der Waals surface area contributed by atoms with Crippen molar-refractivity contribution in [2.75, 3.05) is 0 Å². The molecule has 20 heavy (non-hydrogen) atoms. The van der Waals surface area contributed by atoms with Gasteiger partial charge in [-0.05, 0) is 24.0 Å². The highest BCUT2D eigenvalue weighted by molar-refractivity contribution is 8.00. The molecule has 1 atom stereocenters. The summed E-state index contributed by atoms with van der Waals surface area (Å²) in [6, 6.07) is 3.97. The molecule has 0 aromatic heterocycles. The van der Waals surface area contributed by atoms with Crippen LogP contribution >= 0.6 is 11.8 Å². The van der Waals surface area contributed by atoms with E-state index in [-0.39, 0.29) is 16.8 Å². The van der Waals surface area contributed by atoms with Crippen molar-refractivity contribution in [1.82, 2.24) is 0 Å². The van der Waals surface area contributed by atoms with Crippen LogP contribution in [0, 0.1) is 0 Å². The first-order chi connectivity index (χ1) is 9.31. The lowest BCUT2D eigenvalue weighted by molar-refractivity contribution is -0.131. The first kappa shape index (κ1) is 15.2. The lowest BCUT2D eigenvalue weighted by Crippen LogP contribution is -2.15. The number of hydrogen-bond donors (Lipinski definition) is 0. The Bertz CT molecular complexity index is 517. The van der Waals surface area contributed by atoms with Crippen LogP contribution in [0.25, 0.3) is 0 Å². The summed E-state index contributed by atoms with van der Waals surface area (Å²) in [5.41, 5.74) is 1.08. The highest BCUT2D eigenvalue weighted by Gasteiger charge is 2.29. The lowest BCUT2D eigenvalue weighted by Gasteiger charge is -2.22. The van der Waals surface area contributed by atoms with E-state index in [4.69, 9.17) is 9.47 Å². The van der Waals surface area contributed by atoms with Crippen molar-refractivity contribution >= 4 is 17.7 Å². The van der Waals surface area contributed by atoms with Crippen LogP contribution in [0.2, 0.25) is 0 Å². The molecule has 1 aromatic carbocycles. The fourth-order valence-electron chi connectivity index (χ4n) is 2.21. The largest absolute Gasteiger partial charge is 0.478 e. The zero-order valence-corrected chi connectivity index (χ0v) is 13.6. The molecule has 2 rings (SSSR count). The number of esters is 1. The van der Waals surface area contributed by atoms with Gasteiger partial charge >= 0.3 is 5.97 Å². The lowest BCUT2D eigenvalue weighted by atomic mass is 9.86. The standard InChI is InChI=1S/C16H22O3S/c1-6-7-15-19-13-8-11(16(3,4)5)12(18-10(2)17)9-14(13)20-15/h8-9,15H,6-7H2,1-5H3. The molecule has 0 N–H and O–H groups in total. The van der Waals surface area contributed by atoms with Gasteiger partial charge in [0.2, 0.25) is 0 Å². The molecule has 1 aliphatic rings. The van der Waals surface area contributed by atoms with Gasteiger partial charge in [0.15, 0.2) is 0 Å². The minimum Gasteiger partial charge on any atom is -0.478 e. The Morgan fingerprint density at radius 2 is 2.10 bits per heavy atom. The van der Waals surface area contributed by atoms with Crippen LogP contribution in [0.1, 0.15) is 53.0 Å². The van der Waals surface area contributed by atoms with Gasteiger partial charge < -0.3 is 9.47 Å². The van der Waals surface area contributed by atoms with Crippen LogP contribution in [0.4, 0.5) is 0 Å². The zero-order chi connectivity index (χ0) is 14.9. The molecule has 110 valence electrons. The number of rotatable bonds is 3. The van der Waals surface area contributed by atoms with E-state index in [0.29, 0.717) is 5.75 Å². The zero-order valence-electron chi connectivity index (χ0n) is 12.8. The SMILES string of the molecule is CCCC1Oc2cc(C(C)(C)C)c(OC(C)=O)cc2S1. The van der Waals surface area contributed by atoms with Gasteiger partial charge in [-0.25, -0.2) is 0 Å². The molecule has 1 aromatic rings. The molecule has 4 heteroatoms. The number of carbonyl (C=O) groups is 1. The fourth-order valence-corrected chi connectivity index (χ4v) is 3.40. The maximum atomic E-state index is 11.3. The molecular weight excluding hydrogens is 272 g/mol. The van der Waals surface area contributed by atoms with Crippen molar-refractivity contribution in [3.05, 3.63) is 17.7 Å². The molecule has 0 saturated heterocycles. The molecule has 3 nitrogen and oxygen atoms in total. The van der Waals surface area contributed by atoms with E-state index in [9.17, 15) is 4.79 Å². The first-order valence-electron chi connectivity index (χ1n) is 7.01. The first-order valence-corrected chi connectivity index (χ1v) is 7.89. The predicted molar refractivity (Wildman–Crippen MR) is 81.6 cm³/mol. The summed E-state index contributed by atoms with van der Waals surface area (Å²) in [7, 11) is 0. The van der Waals surface area contributed by atoms with E-state index in [1.165, 1.54) is 6.92 Å². The van der Waals surface area contributed by atoms with E-state index >= 15 is 0 Å². The highest BCUT2D eigenvalue weighted by Crippen LogP contribution is 2.47. The average Bonchev–Trinajstić information content (AvgIpc) is 2.67. The number of carbonyl (C=O) groups excluding carboxylic acids is 1. The Morgan fingerprint density at radius 1 is 1.40 bits per heavy atom. The van der Waals surface area contributed by atoms with Crippen LogP contribution in [-0.4, -0.2) is 11.4 Å². The minimum absolute atomic E-state index is 0.101. The minimum atomic E-state index is -0.288. The van der Waals surface area contributed by atoms with Gasteiger partial charge in [-0.2, -0.15) is 0 Å². The van der Waals surface area contributed by atoms with E-state index in [0.717, 1.165) is 29.1 Å². The van der Waals surface area contributed by atoms with Gasteiger partial charge in [0, 0.05) is 12.5 Å². The normalized spacial score (nSPS) is 17.6. The Labute approximate surface area is 125 Å². The molecule has 0 bridgehead atoms. The second-order valence-electron chi connectivity index (χ2n) is 6.09. The summed E-state index contributed by atoms with van der Waals surface area (Å²) >= 11 is 1.71. The molecule has 1 heterocycles. The Kier molecular flexibility index (Phi) is 4.33. The molecule has 0 fully saturated rings. The molecule has 0 spiro atoms. The smallest absolute Gasteiger partial charge is 0.308 e. The number of fused-ring (bicyclic) bond motifs is 1. The number of benzene rings is 1. The van der Waals surface area contributed by atoms with Crippen molar-refractivity contribution in [2.24, 2.45) is 0 Å². The summed E-state index contributed by atoms with van der Waals surface area (Å²) in [5.74, 6) is 1.27. The summed E-state index contributed by atoms with van der Waals surface area (Å²) in [6.07, 6.45) is 2.11. The highest BCUT2D eigenvalue weighted by atomic mass is 32.2.